The minimum atomic E-state index is -0.617. The van der Waals surface area contributed by atoms with E-state index in [-0.39, 0.29) is 23.6 Å². The maximum absolute atomic E-state index is 12.8. The summed E-state index contributed by atoms with van der Waals surface area (Å²) in [6.45, 7) is 1.89. The highest BCUT2D eigenvalue weighted by molar-refractivity contribution is 6.00. The number of hydrogen-bond donors (Lipinski definition) is 1. The van der Waals surface area contributed by atoms with Gasteiger partial charge in [0.05, 0.1) is 19.0 Å². The summed E-state index contributed by atoms with van der Waals surface area (Å²) in [5, 5.41) is 3.77. The molecule has 0 aliphatic carbocycles. The molecule has 0 radical (unpaired) electrons. The SMILES string of the molecule is CCOC(=O)c1c(N)nn2cc(F)cnc12. The number of nitrogens with zero attached hydrogens (tertiary/aromatic N) is 3. The van der Waals surface area contributed by atoms with Gasteiger partial charge in [-0.3, -0.25) is 0 Å². The first-order chi connectivity index (χ1) is 7.63. The van der Waals surface area contributed by atoms with Crippen LogP contribution in [0.4, 0.5) is 10.2 Å². The third-order valence-corrected chi connectivity index (χ3v) is 1.95. The number of nitrogen functional groups attached to an aromatic ring is 1. The first-order valence-electron chi connectivity index (χ1n) is 4.60. The third kappa shape index (κ3) is 1.56. The molecule has 0 aliphatic rings. The molecule has 7 heteroatoms. The van der Waals surface area contributed by atoms with E-state index in [9.17, 15) is 9.18 Å². The van der Waals surface area contributed by atoms with Crippen molar-refractivity contribution in [1.29, 1.82) is 0 Å². The zero-order chi connectivity index (χ0) is 11.7. The molecule has 6 nitrogen and oxygen atoms in total. The summed E-state index contributed by atoms with van der Waals surface area (Å²) in [6.07, 6.45) is 2.07. The van der Waals surface area contributed by atoms with Gasteiger partial charge in [-0.2, -0.15) is 0 Å². The molecular formula is C9H9FN4O2. The van der Waals surface area contributed by atoms with E-state index in [1.165, 1.54) is 0 Å². The van der Waals surface area contributed by atoms with Gasteiger partial charge in [-0.1, -0.05) is 0 Å². The van der Waals surface area contributed by atoms with E-state index in [4.69, 9.17) is 10.5 Å². The Balaban J connectivity index is 2.60. The number of nitrogens with two attached hydrogens (primary N) is 1. The van der Waals surface area contributed by atoms with Gasteiger partial charge in [-0.15, -0.1) is 5.10 Å². The van der Waals surface area contributed by atoms with Gasteiger partial charge in [0.1, 0.15) is 5.56 Å². The van der Waals surface area contributed by atoms with E-state index in [0.29, 0.717) is 0 Å². The number of rotatable bonds is 2. The molecule has 0 bridgehead atoms. The average molecular weight is 224 g/mol. The van der Waals surface area contributed by atoms with Crippen molar-refractivity contribution in [2.45, 2.75) is 6.92 Å². The van der Waals surface area contributed by atoms with Crippen molar-refractivity contribution < 1.29 is 13.9 Å². The van der Waals surface area contributed by atoms with E-state index in [0.717, 1.165) is 16.9 Å². The number of carbonyl (C=O) groups is 1. The van der Waals surface area contributed by atoms with Crippen molar-refractivity contribution >= 4 is 17.4 Å². The second-order valence-electron chi connectivity index (χ2n) is 3.02. The quantitative estimate of drug-likeness (QED) is 0.756. The summed E-state index contributed by atoms with van der Waals surface area (Å²) >= 11 is 0. The molecule has 0 fully saturated rings. The van der Waals surface area contributed by atoms with Crippen LogP contribution in [0.15, 0.2) is 12.4 Å². The van der Waals surface area contributed by atoms with Crippen LogP contribution < -0.4 is 5.73 Å². The standard InChI is InChI=1S/C9H9FN4O2/c1-2-16-9(15)6-7(11)13-14-4-5(10)3-12-8(6)14/h3-4H,2H2,1H3,(H2,11,13). The maximum Gasteiger partial charge on any atom is 0.345 e. The Kier molecular flexibility index (Phi) is 2.43. The van der Waals surface area contributed by atoms with Crippen LogP contribution >= 0.6 is 0 Å². The zero-order valence-corrected chi connectivity index (χ0v) is 8.48. The Labute approximate surface area is 89.8 Å². The predicted octanol–water partition coefficient (Wildman–Crippen LogP) is 0.627. The van der Waals surface area contributed by atoms with Gasteiger partial charge in [0.15, 0.2) is 17.3 Å². The number of fused-ring (bicyclic) bond motifs is 1. The van der Waals surface area contributed by atoms with Crippen LogP contribution in [0.25, 0.3) is 5.65 Å². The van der Waals surface area contributed by atoms with Crippen LogP contribution in [0.1, 0.15) is 17.3 Å². The number of halogens is 1. The van der Waals surface area contributed by atoms with Gasteiger partial charge in [0, 0.05) is 0 Å². The molecule has 0 atom stereocenters. The number of aromatic nitrogens is 3. The molecule has 0 aliphatic heterocycles. The summed E-state index contributed by atoms with van der Waals surface area (Å²) in [5.74, 6) is -1.21. The Hall–Kier alpha value is -2.18. The molecule has 0 saturated heterocycles. The van der Waals surface area contributed by atoms with Gasteiger partial charge in [0.2, 0.25) is 0 Å². The fourth-order valence-corrected chi connectivity index (χ4v) is 1.33. The first kappa shape index (κ1) is 10.3. The third-order valence-electron chi connectivity index (χ3n) is 1.95. The number of esters is 1. The lowest BCUT2D eigenvalue weighted by Crippen LogP contribution is -2.07. The maximum atomic E-state index is 12.8. The molecule has 2 aromatic rings. The van der Waals surface area contributed by atoms with E-state index in [1.807, 2.05) is 0 Å². The highest BCUT2D eigenvalue weighted by Gasteiger charge is 2.20. The van der Waals surface area contributed by atoms with Crippen molar-refractivity contribution in [3.63, 3.8) is 0 Å². The highest BCUT2D eigenvalue weighted by Crippen LogP contribution is 2.17. The average Bonchev–Trinajstić information content (AvgIpc) is 2.53. The Bertz CT molecular complexity index is 552. The smallest absolute Gasteiger partial charge is 0.345 e. The minimum absolute atomic E-state index is 0.0310. The molecule has 0 unspecified atom stereocenters. The second kappa shape index (κ2) is 3.76. The van der Waals surface area contributed by atoms with Crippen LogP contribution in [0.2, 0.25) is 0 Å². The summed E-state index contributed by atoms with van der Waals surface area (Å²) in [6, 6.07) is 0. The van der Waals surface area contributed by atoms with Crippen molar-refractivity contribution in [3.05, 3.63) is 23.8 Å². The second-order valence-corrected chi connectivity index (χ2v) is 3.02. The number of anilines is 1. The van der Waals surface area contributed by atoms with Crippen molar-refractivity contribution in [3.8, 4) is 0 Å². The summed E-state index contributed by atoms with van der Waals surface area (Å²) in [4.78, 5) is 15.3. The van der Waals surface area contributed by atoms with Gasteiger partial charge in [0.25, 0.3) is 0 Å². The summed E-state index contributed by atoms with van der Waals surface area (Å²) in [5.41, 5.74) is 5.77. The van der Waals surface area contributed by atoms with E-state index >= 15 is 0 Å². The van der Waals surface area contributed by atoms with Crippen molar-refractivity contribution in [2.75, 3.05) is 12.3 Å². The molecule has 16 heavy (non-hydrogen) atoms. The molecular weight excluding hydrogens is 215 g/mol. The molecule has 0 spiro atoms. The van der Waals surface area contributed by atoms with E-state index in [2.05, 4.69) is 10.1 Å². The van der Waals surface area contributed by atoms with Crippen LogP contribution in [-0.4, -0.2) is 27.2 Å². The lowest BCUT2D eigenvalue weighted by atomic mass is 10.3. The Morgan fingerprint density at radius 1 is 1.69 bits per heavy atom. The van der Waals surface area contributed by atoms with Gasteiger partial charge in [-0.05, 0) is 6.92 Å². The van der Waals surface area contributed by atoms with Crippen LogP contribution in [-0.2, 0) is 4.74 Å². The number of carbonyl (C=O) groups excluding carboxylic acids is 1. The van der Waals surface area contributed by atoms with Gasteiger partial charge >= 0.3 is 5.97 Å². The minimum Gasteiger partial charge on any atom is -0.462 e. The zero-order valence-electron chi connectivity index (χ0n) is 8.48. The molecule has 2 rings (SSSR count). The molecule has 2 N–H and O–H groups in total. The summed E-state index contributed by atoms with van der Waals surface area (Å²) in [7, 11) is 0. The largest absolute Gasteiger partial charge is 0.462 e. The molecule has 0 saturated carbocycles. The fourth-order valence-electron chi connectivity index (χ4n) is 1.33. The highest BCUT2D eigenvalue weighted by atomic mass is 19.1. The van der Waals surface area contributed by atoms with Gasteiger partial charge in [-0.25, -0.2) is 18.7 Å². The monoisotopic (exact) mass is 224 g/mol. The van der Waals surface area contributed by atoms with E-state index < -0.39 is 11.8 Å². The Morgan fingerprint density at radius 2 is 2.44 bits per heavy atom. The molecule has 2 aromatic heterocycles. The molecule has 84 valence electrons. The topological polar surface area (TPSA) is 82.5 Å². The number of ether oxygens (including phenoxy) is 1. The van der Waals surface area contributed by atoms with Crippen LogP contribution in [0, 0.1) is 5.82 Å². The van der Waals surface area contributed by atoms with Gasteiger partial charge < -0.3 is 10.5 Å². The lowest BCUT2D eigenvalue weighted by molar-refractivity contribution is 0.0529. The lowest BCUT2D eigenvalue weighted by Gasteiger charge is -1.99. The first-order valence-corrected chi connectivity index (χ1v) is 4.60. The Morgan fingerprint density at radius 3 is 3.12 bits per heavy atom. The normalized spacial score (nSPS) is 10.6. The van der Waals surface area contributed by atoms with Crippen LogP contribution in [0.5, 0.6) is 0 Å². The number of hydrogen-bond acceptors (Lipinski definition) is 5. The van der Waals surface area contributed by atoms with E-state index in [1.54, 1.807) is 6.92 Å². The van der Waals surface area contributed by atoms with Crippen molar-refractivity contribution in [2.24, 2.45) is 0 Å². The molecule has 0 aromatic carbocycles. The molecule has 2 heterocycles. The predicted molar refractivity (Wildman–Crippen MR) is 53.3 cm³/mol. The van der Waals surface area contributed by atoms with Crippen molar-refractivity contribution in [1.82, 2.24) is 14.6 Å². The fraction of sp³-hybridized carbons (Fsp3) is 0.222. The van der Waals surface area contributed by atoms with Crippen LogP contribution in [0.3, 0.4) is 0 Å². The summed E-state index contributed by atoms with van der Waals surface area (Å²) < 4.78 is 18.8. The molecule has 0 amide bonds.